The van der Waals surface area contributed by atoms with Crippen molar-refractivity contribution in [3.63, 3.8) is 0 Å². The Bertz CT molecular complexity index is 992. The third kappa shape index (κ3) is 5.03. The summed E-state index contributed by atoms with van der Waals surface area (Å²) < 4.78 is 58.5. The number of halogens is 3. The van der Waals surface area contributed by atoms with Gasteiger partial charge in [-0.3, -0.25) is 4.79 Å². The van der Waals surface area contributed by atoms with Gasteiger partial charge in [0.25, 0.3) is 5.91 Å². The Morgan fingerprint density at radius 1 is 1.29 bits per heavy atom. The van der Waals surface area contributed by atoms with Crippen LogP contribution in [-0.2, 0) is 15.7 Å². The minimum absolute atomic E-state index is 0.0184. The standard InChI is InChI=1S/C22H31F3N4O4Si/c1-14-20(30)28(13-31-6-7-34(3,4)5)27-19-10-32-18-8-15(22(23,24)25)17(9-16(18)29(14)19)33-21(2)11-26-12-21/h8-9,14,26H,6-7,10-13H2,1-5H3. The van der Waals surface area contributed by atoms with E-state index in [0.717, 1.165) is 12.1 Å². The van der Waals surface area contributed by atoms with Crippen LogP contribution in [0.5, 0.6) is 11.5 Å². The average molecular weight is 501 g/mol. The number of benzene rings is 1. The van der Waals surface area contributed by atoms with Crippen molar-refractivity contribution in [3.8, 4) is 11.5 Å². The molecule has 0 aromatic heterocycles. The lowest BCUT2D eigenvalue weighted by Crippen LogP contribution is -2.61. The Morgan fingerprint density at radius 3 is 2.59 bits per heavy atom. The van der Waals surface area contributed by atoms with Crippen LogP contribution < -0.4 is 19.7 Å². The summed E-state index contributed by atoms with van der Waals surface area (Å²) in [5.41, 5.74) is -1.33. The molecule has 0 radical (unpaired) electrons. The molecule has 1 aromatic rings. The molecule has 1 fully saturated rings. The zero-order valence-corrected chi connectivity index (χ0v) is 21.1. The number of amides is 1. The number of nitrogens with zero attached hydrogens (tertiary/aromatic N) is 3. The number of fused-ring (bicyclic) bond motifs is 3. The number of ether oxygens (including phenoxy) is 3. The number of anilines is 1. The summed E-state index contributed by atoms with van der Waals surface area (Å²) in [7, 11) is -1.27. The van der Waals surface area contributed by atoms with Crippen molar-refractivity contribution in [2.45, 2.75) is 57.4 Å². The van der Waals surface area contributed by atoms with E-state index in [-0.39, 0.29) is 30.7 Å². The Balaban J connectivity index is 1.61. The summed E-state index contributed by atoms with van der Waals surface area (Å²) in [6, 6.07) is 2.52. The van der Waals surface area contributed by atoms with E-state index in [1.807, 2.05) is 0 Å². The van der Waals surface area contributed by atoms with Crippen LogP contribution in [0.15, 0.2) is 17.2 Å². The van der Waals surface area contributed by atoms with Gasteiger partial charge < -0.3 is 24.4 Å². The van der Waals surface area contributed by atoms with Crippen molar-refractivity contribution in [2.75, 3.05) is 37.9 Å². The maximum absolute atomic E-state index is 13.8. The topological polar surface area (TPSA) is 75.6 Å². The van der Waals surface area contributed by atoms with E-state index in [4.69, 9.17) is 14.2 Å². The smallest absolute Gasteiger partial charge is 0.420 e. The molecular formula is C22H31F3N4O4Si. The highest BCUT2D eigenvalue weighted by atomic mass is 28.3. The first-order valence-corrected chi connectivity index (χ1v) is 15.0. The van der Waals surface area contributed by atoms with Crippen molar-refractivity contribution in [2.24, 2.45) is 5.10 Å². The molecule has 4 rings (SSSR count). The number of carbonyl (C=O) groups excluding carboxylic acids is 1. The Hall–Kier alpha value is -2.31. The van der Waals surface area contributed by atoms with Gasteiger partial charge in [0.2, 0.25) is 0 Å². The Labute approximate surface area is 198 Å². The molecule has 3 aliphatic rings. The molecule has 3 aliphatic heterocycles. The van der Waals surface area contributed by atoms with E-state index in [0.29, 0.717) is 31.2 Å². The first-order chi connectivity index (χ1) is 15.8. The molecule has 0 saturated carbocycles. The summed E-state index contributed by atoms with van der Waals surface area (Å²) in [5, 5.41) is 8.66. The monoisotopic (exact) mass is 500 g/mol. The predicted octanol–water partition coefficient (Wildman–Crippen LogP) is 3.50. The van der Waals surface area contributed by atoms with Gasteiger partial charge in [-0.1, -0.05) is 19.6 Å². The van der Waals surface area contributed by atoms with E-state index < -0.39 is 31.5 Å². The fraction of sp³-hybridized carbons (Fsp3) is 0.636. The number of amidine groups is 1. The minimum Gasteiger partial charge on any atom is -0.484 e. The van der Waals surface area contributed by atoms with Crippen LogP contribution in [0.2, 0.25) is 25.7 Å². The van der Waals surface area contributed by atoms with Gasteiger partial charge in [-0.2, -0.15) is 18.3 Å². The molecular weight excluding hydrogens is 469 g/mol. The van der Waals surface area contributed by atoms with E-state index in [1.54, 1.807) is 18.7 Å². The summed E-state index contributed by atoms with van der Waals surface area (Å²) in [5.74, 6) is -0.135. The fourth-order valence-electron chi connectivity index (χ4n) is 3.97. The van der Waals surface area contributed by atoms with Crippen molar-refractivity contribution in [1.29, 1.82) is 0 Å². The van der Waals surface area contributed by atoms with E-state index >= 15 is 0 Å². The number of hydrazone groups is 1. The Morgan fingerprint density at radius 2 is 2.00 bits per heavy atom. The fourth-order valence-corrected chi connectivity index (χ4v) is 4.73. The first-order valence-electron chi connectivity index (χ1n) is 11.3. The normalized spacial score (nSPS) is 21.8. The van der Waals surface area contributed by atoms with Gasteiger partial charge in [-0.25, -0.2) is 5.01 Å². The van der Waals surface area contributed by atoms with E-state index in [9.17, 15) is 18.0 Å². The second-order valence-corrected chi connectivity index (χ2v) is 16.0. The maximum atomic E-state index is 13.8. The molecule has 1 unspecified atom stereocenters. The van der Waals surface area contributed by atoms with Gasteiger partial charge in [-0.15, -0.1) is 0 Å². The number of alkyl halides is 3. The van der Waals surface area contributed by atoms with Crippen LogP contribution in [0.1, 0.15) is 19.4 Å². The van der Waals surface area contributed by atoms with Crippen LogP contribution in [0, 0.1) is 0 Å². The Kier molecular flexibility index (Phi) is 6.36. The van der Waals surface area contributed by atoms with Crippen molar-refractivity contribution >= 4 is 25.5 Å². The molecule has 1 aromatic carbocycles. The minimum atomic E-state index is -4.62. The molecule has 0 aliphatic carbocycles. The van der Waals surface area contributed by atoms with Crippen LogP contribution in [-0.4, -0.2) is 69.5 Å². The number of carbonyl (C=O) groups is 1. The number of nitrogens with one attached hydrogen (secondary N) is 1. The van der Waals surface area contributed by atoms with Crippen LogP contribution in [0.4, 0.5) is 18.9 Å². The molecule has 34 heavy (non-hydrogen) atoms. The molecule has 1 amide bonds. The molecule has 8 nitrogen and oxygen atoms in total. The number of rotatable bonds is 7. The third-order valence-electron chi connectivity index (χ3n) is 6.06. The van der Waals surface area contributed by atoms with Crippen LogP contribution in [0.25, 0.3) is 0 Å². The predicted molar refractivity (Wildman–Crippen MR) is 124 cm³/mol. The summed E-state index contributed by atoms with van der Waals surface area (Å²) in [4.78, 5) is 14.6. The van der Waals surface area contributed by atoms with Gasteiger partial charge in [0, 0.05) is 33.8 Å². The molecule has 1 atom stereocenters. The highest BCUT2D eigenvalue weighted by Gasteiger charge is 2.44. The summed E-state index contributed by atoms with van der Waals surface area (Å²) in [6.45, 7) is 11.5. The van der Waals surface area contributed by atoms with Crippen molar-refractivity contribution in [3.05, 3.63) is 17.7 Å². The number of hydrogen-bond donors (Lipinski definition) is 1. The highest BCUT2D eigenvalue weighted by Crippen LogP contribution is 2.46. The quantitative estimate of drug-likeness (QED) is 0.456. The highest BCUT2D eigenvalue weighted by molar-refractivity contribution is 6.76. The molecule has 0 bridgehead atoms. The van der Waals surface area contributed by atoms with Crippen LogP contribution in [0.3, 0.4) is 0 Å². The van der Waals surface area contributed by atoms with Crippen LogP contribution >= 0.6 is 0 Å². The lowest BCUT2D eigenvalue weighted by molar-refractivity contribution is -0.141. The second kappa shape index (κ2) is 8.72. The van der Waals surface area contributed by atoms with Gasteiger partial charge >= 0.3 is 6.18 Å². The summed E-state index contributed by atoms with van der Waals surface area (Å²) in [6.07, 6.45) is -4.62. The van der Waals surface area contributed by atoms with E-state index in [2.05, 4.69) is 30.1 Å². The molecule has 12 heteroatoms. The second-order valence-electron chi connectivity index (χ2n) is 10.4. The third-order valence-corrected chi connectivity index (χ3v) is 7.76. The number of hydrogen-bond acceptors (Lipinski definition) is 7. The zero-order valence-electron chi connectivity index (χ0n) is 20.1. The lowest BCUT2D eigenvalue weighted by atomic mass is 9.99. The molecule has 1 saturated heterocycles. The maximum Gasteiger partial charge on any atom is 0.420 e. The van der Waals surface area contributed by atoms with Gasteiger partial charge in [0.05, 0.1) is 5.69 Å². The van der Waals surface area contributed by atoms with Gasteiger partial charge in [0.1, 0.15) is 42.0 Å². The average Bonchev–Trinajstić information content (AvgIpc) is 2.71. The lowest BCUT2D eigenvalue weighted by Gasteiger charge is -2.42. The molecule has 0 spiro atoms. The SMILES string of the molecule is CC1C(=O)N(COCC[Si](C)(C)C)N=C2COc3cc(C(F)(F)F)c(OC4(C)CNC4)cc3N21. The molecule has 1 N–H and O–H groups in total. The molecule has 188 valence electrons. The van der Waals surface area contributed by atoms with E-state index in [1.165, 1.54) is 11.1 Å². The van der Waals surface area contributed by atoms with Crippen molar-refractivity contribution < 1.29 is 32.2 Å². The van der Waals surface area contributed by atoms with Gasteiger partial charge in [-0.05, 0) is 26.0 Å². The molecule has 3 heterocycles. The first kappa shape index (κ1) is 24.8. The van der Waals surface area contributed by atoms with Crippen molar-refractivity contribution in [1.82, 2.24) is 10.3 Å². The zero-order chi connectivity index (χ0) is 24.9. The largest absolute Gasteiger partial charge is 0.484 e. The van der Waals surface area contributed by atoms with Gasteiger partial charge in [0.15, 0.2) is 5.84 Å². The summed E-state index contributed by atoms with van der Waals surface area (Å²) >= 11 is 0.